The lowest BCUT2D eigenvalue weighted by Gasteiger charge is -2.20. The van der Waals surface area contributed by atoms with E-state index >= 15 is 0 Å². The van der Waals surface area contributed by atoms with Crippen LogP contribution < -0.4 is 0 Å². The molecule has 0 aromatic heterocycles. The molecule has 5 atom stereocenters. The number of esters is 2. The zero-order valence-corrected chi connectivity index (χ0v) is 16.5. The van der Waals surface area contributed by atoms with E-state index in [9.17, 15) is 14.7 Å². The predicted octanol–water partition coefficient (Wildman–Crippen LogP) is 3.79. The smallest absolute Gasteiger partial charge is 0.338 e. The van der Waals surface area contributed by atoms with Gasteiger partial charge in [-0.2, -0.15) is 0 Å². The highest BCUT2D eigenvalue weighted by molar-refractivity contribution is 5.89. The number of aliphatic hydroxyl groups excluding tert-OH is 1. The second-order valence-corrected chi connectivity index (χ2v) is 7.66. The minimum absolute atomic E-state index is 0.0485. The number of hydrogen-bond donors (Lipinski definition) is 1. The van der Waals surface area contributed by atoms with E-state index in [-0.39, 0.29) is 23.9 Å². The molecule has 5 heteroatoms. The molecule has 1 N–H and O–H groups in total. The average Bonchev–Trinajstić information content (AvgIpc) is 3.27. The third kappa shape index (κ3) is 4.69. The number of carbonyl (C=O) groups excluding carboxylic acids is 2. The molecule has 1 heterocycles. The van der Waals surface area contributed by atoms with Crippen LogP contribution >= 0.6 is 0 Å². The van der Waals surface area contributed by atoms with E-state index in [1.807, 2.05) is 48.6 Å². The van der Waals surface area contributed by atoms with Crippen LogP contribution in [0.1, 0.15) is 28.8 Å². The fourth-order valence-corrected chi connectivity index (χ4v) is 4.15. The molecule has 0 bridgehead atoms. The molecule has 2 fully saturated rings. The maximum absolute atomic E-state index is 12.5. The molecule has 1 aliphatic heterocycles. The molecule has 5 nitrogen and oxygen atoms in total. The SMILES string of the molecule is O=C1C[C@@H]2[C@@H](C=C[C@@H](O)C=Cc3ccccc3)[C@H](OC(=O)c3ccccc3)C[C@@H]2O1. The van der Waals surface area contributed by atoms with Gasteiger partial charge in [0.15, 0.2) is 0 Å². The van der Waals surface area contributed by atoms with Gasteiger partial charge in [-0.15, -0.1) is 0 Å². The van der Waals surface area contributed by atoms with Crippen LogP contribution in [-0.2, 0) is 14.3 Å². The Morgan fingerprint density at radius 3 is 2.50 bits per heavy atom. The summed E-state index contributed by atoms with van der Waals surface area (Å²) in [6.45, 7) is 0. The van der Waals surface area contributed by atoms with Crippen molar-refractivity contribution in [1.29, 1.82) is 0 Å². The van der Waals surface area contributed by atoms with Gasteiger partial charge in [0, 0.05) is 18.3 Å². The number of carbonyl (C=O) groups is 2. The zero-order valence-electron chi connectivity index (χ0n) is 16.5. The number of fused-ring (bicyclic) bond motifs is 1. The first-order valence-corrected chi connectivity index (χ1v) is 10.2. The number of benzene rings is 2. The molecule has 1 saturated heterocycles. The molecular formula is C25H24O5. The summed E-state index contributed by atoms with van der Waals surface area (Å²) in [5.74, 6) is -0.850. The molecule has 2 aliphatic rings. The summed E-state index contributed by atoms with van der Waals surface area (Å²) in [5, 5.41) is 10.3. The summed E-state index contributed by atoms with van der Waals surface area (Å²) < 4.78 is 11.2. The van der Waals surface area contributed by atoms with Crippen LogP contribution in [0.25, 0.3) is 6.08 Å². The number of rotatable bonds is 6. The van der Waals surface area contributed by atoms with Gasteiger partial charge >= 0.3 is 11.9 Å². The van der Waals surface area contributed by atoms with Gasteiger partial charge in [0.05, 0.1) is 18.1 Å². The van der Waals surface area contributed by atoms with Crippen molar-refractivity contribution in [2.24, 2.45) is 11.8 Å². The van der Waals surface area contributed by atoms with Crippen molar-refractivity contribution in [3.05, 3.63) is 90.0 Å². The molecule has 0 unspecified atom stereocenters. The van der Waals surface area contributed by atoms with Gasteiger partial charge in [0.25, 0.3) is 0 Å². The molecule has 0 amide bonds. The Morgan fingerprint density at radius 2 is 1.77 bits per heavy atom. The Hall–Kier alpha value is -3.18. The van der Waals surface area contributed by atoms with Crippen LogP contribution in [0.15, 0.2) is 78.9 Å². The molecule has 2 aromatic carbocycles. The lowest BCUT2D eigenvalue weighted by Crippen LogP contribution is -2.25. The predicted molar refractivity (Wildman–Crippen MR) is 112 cm³/mol. The van der Waals surface area contributed by atoms with E-state index in [2.05, 4.69) is 0 Å². The summed E-state index contributed by atoms with van der Waals surface area (Å²) in [6.07, 6.45) is 6.41. The summed E-state index contributed by atoms with van der Waals surface area (Å²) in [6, 6.07) is 18.5. The van der Waals surface area contributed by atoms with Crippen molar-refractivity contribution in [2.75, 3.05) is 0 Å². The largest absolute Gasteiger partial charge is 0.462 e. The highest BCUT2D eigenvalue weighted by Crippen LogP contribution is 2.43. The Kier molecular flexibility index (Phi) is 6.10. The number of hydrogen-bond acceptors (Lipinski definition) is 5. The van der Waals surface area contributed by atoms with Gasteiger partial charge in [-0.25, -0.2) is 4.79 Å². The third-order valence-electron chi connectivity index (χ3n) is 5.63. The van der Waals surface area contributed by atoms with Crippen LogP contribution in [0.3, 0.4) is 0 Å². The maximum Gasteiger partial charge on any atom is 0.338 e. The van der Waals surface area contributed by atoms with Gasteiger partial charge in [0.2, 0.25) is 0 Å². The first kappa shape index (κ1) is 20.1. The molecule has 154 valence electrons. The van der Waals surface area contributed by atoms with E-state index < -0.39 is 18.2 Å². The quantitative estimate of drug-likeness (QED) is 0.586. The topological polar surface area (TPSA) is 72.8 Å². The van der Waals surface area contributed by atoms with Gasteiger partial charge in [0.1, 0.15) is 12.2 Å². The second kappa shape index (κ2) is 9.09. The molecular weight excluding hydrogens is 380 g/mol. The number of ether oxygens (including phenoxy) is 2. The number of aliphatic hydroxyl groups is 1. The second-order valence-electron chi connectivity index (χ2n) is 7.66. The van der Waals surface area contributed by atoms with Gasteiger partial charge in [-0.05, 0) is 17.7 Å². The van der Waals surface area contributed by atoms with Gasteiger partial charge < -0.3 is 14.6 Å². The minimum Gasteiger partial charge on any atom is -0.462 e. The van der Waals surface area contributed by atoms with Crippen LogP contribution in [-0.4, -0.2) is 35.4 Å². The molecule has 1 aliphatic carbocycles. The first-order chi connectivity index (χ1) is 14.6. The van der Waals surface area contributed by atoms with Crippen molar-refractivity contribution >= 4 is 18.0 Å². The van der Waals surface area contributed by atoms with E-state index in [0.717, 1.165) is 5.56 Å². The lowest BCUT2D eigenvalue weighted by molar-refractivity contribution is -0.141. The maximum atomic E-state index is 12.5. The highest BCUT2D eigenvalue weighted by atomic mass is 16.6. The van der Waals surface area contributed by atoms with E-state index in [4.69, 9.17) is 9.47 Å². The summed E-state index contributed by atoms with van der Waals surface area (Å²) in [7, 11) is 0. The molecule has 4 rings (SSSR count). The zero-order chi connectivity index (χ0) is 20.9. The van der Waals surface area contributed by atoms with Crippen molar-refractivity contribution in [2.45, 2.75) is 31.2 Å². The summed E-state index contributed by atoms with van der Waals surface area (Å²) >= 11 is 0. The molecule has 1 saturated carbocycles. The van der Waals surface area contributed by atoms with Crippen LogP contribution in [0.2, 0.25) is 0 Å². The van der Waals surface area contributed by atoms with Crippen molar-refractivity contribution in [1.82, 2.24) is 0 Å². The molecule has 30 heavy (non-hydrogen) atoms. The Bertz CT molecular complexity index is 935. The van der Waals surface area contributed by atoms with Crippen LogP contribution in [0.4, 0.5) is 0 Å². The van der Waals surface area contributed by atoms with E-state index in [1.165, 1.54) is 0 Å². The van der Waals surface area contributed by atoms with Crippen molar-refractivity contribution < 1.29 is 24.2 Å². The van der Waals surface area contributed by atoms with Crippen LogP contribution in [0.5, 0.6) is 0 Å². The summed E-state index contributed by atoms with van der Waals surface area (Å²) in [5.41, 5.74) is 1.48. The average molecular weight is 404 g/mol. The standard InChI is InChI=1S/C25H24O5/c26-19(12-11-17-7-3-1-4-8-17)13-14-20-21-15-24(27)29-23(21)16-22(20)30-25(28)18-9-5-2-6-10-18/h1-14,19-23,26H,15-16H2/t19-,20+,21+,22+,23-/m0/s1. The van der Waals surface area contributed by atoms with Crippen molar-refractivity contribution in [3.8, 4) is 0 Å². The highest BCUT2D eigenvalue weighted by Gasteiger charge is 2.50. The summed E-state index contributed by atoms with van der Waals surface area (Å²) in [4.78, 5) is 24.2. The Labute approximate surface area is 175 Å². The molecule has 0 radical (unpaired) electrons. The third-order valence-corrected chi connectivity index (χ3v) is 5.63. The Balaban J connectivity index is 1.45. The van der Waals surface area contributed by atoms with Gasteiger partial charge in [-0.3, -0.25) is 4.79 Å². The van der Waals surface area contributed by atoms with E-state index in [0.29, 0.717) is 18.4 Å². The fourth-order valence-electron chi connectivity index (χ4n) is 4.15. The fraction of sp³-hybridized carbons (Fsp3) is 0.280. The lowest BCUT2D eigenvalue weighted by atomic mass is 9.91. The molecule has 0 spiro atoms. The van der Waals surface area contributed by atoms with E-state index in [1.54, 1.807) is 36.4 Å². The minimum atomic E-state index is -0.784. The monoisotopic (exact) mass is 404 g/mol. The first-order valence-electron chi connectivity index (χ1n) is 10.2. The van der Waals surface area contributed by atoms with Crippen molar-refractivity contribution in [3.63, 3.8) is 0 Å². The normalized spacial score (nSPS) is 26.6. The van der Waals surface area contributed by atoms with Crippen LogP contribution in [0, 0.1) is 11.8 Å². The Morgan fingerprint density at radius 1 is 1.07 bits per heavy atom. The van der Waals surface area contributed by atoms with Gasteiger partial charge in [-0.1, -0.05) is 72.8 Å². The molecule has 2 aromatic rings.